The fourth-order valence-corrected chi connectivity index (χ4v) is 0.589. The van der Waals surface area contributed by atoms with Gasteiger partial charge in [-0.3, -0.25) is 0 Å². The van der Waals surface area contributed by atoms with Gasteiger partial charge in [0, 0.05) is 13.2 Å². The molecule has 0 aliphatic carbocycles. The van der Waals surface area contributed by atoms with Gasteiger partial charge in [0.05, 0.1) is 12.7 Å². The van der Waals surface area contributed by atoms with Gasteiger partial charge in [-0.1, -0.05) is 36.4 Å². The van der Waals surface area contributed by atoms with Gasteiger partial charge in [0.2, 0.25) is 0 Å². The third-order valence-corrected chi connectivity index (χ3v) is 1.34. The van der Waals surface area contributed by atoms with E-state index in [0.29, 0.717) is 0 Å². The van der Waals surface area contributed by atoms with Gasteiger partial charge in [0.15, 0.2) is 0 Å². The lowest BCUT2D eigenvalue weighted by molar-refractivity contribution is 0.110. The molecule has 2 N–H and O–H groups in total. The average molecular weight is 228 g/mol. The molecule has 0 heterocycles. The van der Waals surface area contributed by atoms with Crippen molar-refractivity contribution in [1.82, 2.24) is 0 Å². The van der Waals surface area contributed by atoms with E-state index < -0.39 is 6.10 Å². The Balaban J connectivity index is 0. The molecule has 0 aliphatic rings. The summed E-state index contributed by atoms with van der Waals surface area (Å²) < 4.78 is 4.83. The third kappa shape index (κ3) is 23.2. The molecule has 16 heavy (non-hydrogen) atoms. The molecule has 0 fully saturated rings. The molecule has 0 saturated heterocycles. The number of aliphatic hydroxyl groups excluding tert-OH is 2. The van der Waals surface area contributed by atoms with Crippen LogP contribution >= 0.6 is 0 Å². The maximum atomic E-state index is 8.11. The first-order valence-corrected chi connectivity index (χ1v) is 5.55. The van der Waals surface area contributed by atoms with Gasteiger partial charge in [-0.2, -0.15) is 0 Å². The second-order valence-corrected chi connectivity index (χ2v) is 2.97. The number of aliphatic hydroxyl groups is 2. The molecule has 0 spiro atoms. The summed E-state index contributed by atoms with van der Waals surface area (Å²) in [6.45, 7) is 7.06. The molecule has 1 rings (SSSR count). The molecule has 1 aromatic rings. The van der Waals surface area contributed by atoms with Gasteiger partial charge in [0.1, 0.15) is 0 Å². The van der Waals surface area contributed by atoms with Crippen LogP contribution in [0.15, 0.2) is 36.4 Å². The predicted octanol–water partition coefficient (Wildman–Crippen LogP) is 2.09. The molecule has 94 valence electrons. The van der Waals surface area contributed by atoms with Crippen LogP contribution in [-0.2, 0) is 4.74 Å². The van der Waals surface area contributed by atoms with Crippen molar-refractivity contribution in [3.63, 3.8) is 0 Å². The van der Waals surface area contributed by atoms with E-state index in [1.165, 1.54) is 6.92 Å². The molecular weight excluding hydrogens is 204 g/mol. The van der Waals surface area contributed by atoms with E-state index in [9.17, 15) is 0 Å². The van der Waals surface area contributed by atoms with Crippen molar-refractivity contribution in [3.8, 4) is 0 Å². The summed E-state index contributed by atoms with van der Waals surface area (Å²) in [6, 6.07) is 12.0. The van der Waals surface area contributed by atoms with Gasteiger partial charge in [-0.05, 0) is 20.8 Å². The zero-order valence-electron chi connectivity index (χ0n) is 10.5. The van der Waals surface area contributed by atoms with E-state index in [2.05, 4.69) is 0 Å². The molecular formula is C13H24O3. The lowest BCUT2D eigenvalue weighted by atomic mass is 10.4. The van der Waals surface area contributed by atoms with Crippen molar-refractivity contribution in [2.75, 3.05) is 19.8 Å². The quantitative estimate of drug-likeness (QED) is 0.833. The van der Waals surface area contributed by atoms with E-state index >= 15 is 0 Å². The van der Waals surface area contributed by atoms with Crippen molar-refractivity contribution in [2.24, 2.45) is 0 Å². The molecule has 0 radical (unpaired) electrons. The molecule has 0 amide bonds. The second kappa shape index (κ2) is 16.5. The van der Waals surface area contributed by atoms with Crippen LogP contribution in [0.4, 0.5) is 0 Å². The summed E-state index contributed by atoms with van der Waals surface area (Å²) in [5, 5.41) is 16.0. The van der Waals surface area contributed by atoms with Crippen LogP contribution in [0.1, 0.15) is 20.8 Å². The van der Waals surface area contributed by atoms with E-state index in [1.54, 1.807) is 0 Å². The standard InChI is InChI=1S/C6H6.C4H10O.C3H8O2/c1-2-4-6-5-3-1;1-3-5-4-2;1-3(5)2-4/h1-6H;3-4H2,1-2H3;3-5H,2H2,1H3. The van der Waals surface area contributed by atoms with Crippen LogP contribution in [-0.4, -0.2) is 36.1 Å². The summed E-state index contributed by atoms with van der Waals surface area (Å²) >= 11 is 0. The highest BCUT2D eigenvalue weighted by Crippen LogP contribution is 1.79. The Morgan fingerprint density at radius 3 is 1.25 bits per heavy atom. The largest absolute Gasteiger partial charge is 0.394 e. The Morgan fingerprint density at radius 2 is 1.19 bits per heavy atom. The highest BCUT2D eigenvalue weighted by atomic mass is 16.5. The summed E-state index contributed by atoms with van der Waals surface area (Å²) in [5.41, 5.74) is 0. The molecule has 1 unspecified atom stereocenters. The first-order chi connectivity index (χ1) is 7.68. The lowest BCUT2D eigenvalue weighted by Crippen LogP contribution is -2.03. The minimum Gasteiger partial charge on any atom is -0.394 e. The first-order valence-electron chi connectivity index (χ1n) is 5.55. The number of hydrogen-bond donors (Lipinski definition) is 2. The Hall–Kier alpha value is -0.900. The molecule has 0 aliphatic heterocycles. The topological polar surface area (TPSA) is 49.7 Å². The summed E-state index contributed by atoms with van der Waals surface area (Å²) in [6.07, 6.45) is -0.560. The predicted molar refractivity (Wildman–Crippen MR) is 67.4 cm³/mol. The minimum atomic E-state index is -0.560. The molecule has 0 bridgehead atoms. The third-order valence-electron chi connectivity index (χ3n) is 1.34. The zero-order chi connectivity index (χ0) is 12.6. The fourth-order valence-electron chi connectivity index (χ4n) is 0.589. The molecule has 3 nitrogen and oxygen atoms in total. The first kappa shape index (κ1) is 17.5. The van der Waals surface area contributed by atoms with Crippen molar-refractivity contribution in [2.45, 2.75) is 26.9 Å². The highest BCUT2D eigenvalue weighted by molar-refractivity contribution is 4.99. The molecule has 1 aromatic carbocycles. The summed E-state index contributed by atoms with van der Waals surface area (Å²) in [5.74, 6) is 0. The molecule has 0 saturated carbocycles. The maximum Gasteiger partial charge on any atom is 0.0742 e. The Kier molecular flexibility index (Phi) is 18.1. The Bertz CT molecular complexity index is 159. The number of benzene rings is 1. The average Bonchev–Trinajstić information content (AvgIpc) is 2.34. The SMILES string of the molecule is CC(O)CO.CCOCC.c1ccccc1. The summed E-state index contributed by atoms with van der Waals surface area (Å²) in [4.78, 5) is 0. The number of hydrogen-bond acceptors (Lipinski definition) is 3. The van der Waals surface area contributed by atoms with E-state index in [-0.39, 0.29) is 6.61 Å². The highest BCUT2D eigenvalue weighted by Gasteiger charge is 1.83. The number of rotatable bonds is 3. The van der Waals surface area contributed by atoms with Gasteiger partial charge < -0.3 is 14.9 Å². The zero-order valence-corrected chi connectivity index (χ0v) is 10.5. The fraction of sp³-hybridized carbons (Fsp3) is 0.538. The Morgan fingerprint density at radius 1 is 0.938 bits per heavy atom. The number of ether oxygens (including phenoxy) is 1. The van der Waals surface area contributed by atoms with E-state index in [0.717, 1.165) is 13.2 Å². The molecule has 0 aromatic heterocycles. The smallest absolute Gasteiger partial charge is 0.0742 e. The normalized spacial score (nSPS) is 10.3. The van der Waals surface area contributed by atoms with Crippen LogP contribution in [0.2, 0.25) is 0 Å². The minimum absolute atomic E-state index is 0.139. The van der Waals surface area contributed by atoms with Crippen molar-refractivity contribution in [3.05, 3.63) is 36.4 Å². The van der Waals surface area contributed by atoms with Gasteiger partial charge >= 0.3 is 0 Å². The monoisotopic (exact) mass is 228 g/mol. The molecule has 1 atom stereocenters. The van der Waals surface area contributed by atoms with Crippen LogP contribution < -0.4 is 0 Å². The van der Waals surface area contributed by atoms with Gasteiger partial charge in [-0.15, -0.1) is 0 Å². The van der Waals surface area contributed by atoms with Crippen LogP contribution in [0.25, 0.3) is 0 Å². The van der Waals surface area contributed by atoms with E-state index in [4.69, 9.17) is 14.9 Å². The van der Waals surface area contributed by atoms with Crippen molar-refractivity contribution in [1.29, 1.82) is 0 Å². The summed E-state index contributed by atoms with van der Waals surface area (Å²) in [7, 11) is 0. The van der Waals surface area contributed by atoms with Gasteiger partial charge in [0.25, 0.3) is 0 Å². The lowest BCUT2D eigenvalue weighted by Gasteiger charge is -1.90. The Labute approximate surface area is 98.7 Å². The second-order valence-electron chi connectivity index (χ2n) is 2.97. The van der Waals surface area contributed by atoms with Crippen molar-refractivity contribution < 1.29 is 14.9 Å². The van der Waals surface area contributed by atoms with E-state index in [1.807, 2.05) is 50.2 Å². The van der Waals surface area contributed by atoms with Gasteiger partial charge in [-0.25, -0.2) is 0 Å². The van der Waals surface area contributed by atoms with Crippen molar-refractivity contribution >= 4 is 0 Å². The molecule has 3 heteroatoms. The maximum absolute atomic E-state index is 8.11. The van der Waals surface area contributed by atoms with Crippen LogP contribution in [0.5, 0.6) is 0 Å². The van der Waals surface area contributed by atoms with Crippen LogP contribution in [0, 0.1) is 0 Å². The van der Waals surface area contributed by atoms with Crippen LogP contribution in [0.3, 0.4) is 0 Å².